The van der Waals surface area contributed by atoms with Gasteiger partial charge in [-0.15, -0.1) is 0 Å². The van der Waals surface area contributed by atoms with E-state index in [9.17, 15) is 4.79 Å². The average molecular weight is 367 g/mol. The summed E-state index contributed by atoms with van der Waals surface area (Å²) in [7, 11) is 2.00. The third-order valence-electron chi connectivity index (χ3n) is 3.12. The second kappa shape index (κ2) is 6.28. The van der Waals surface area contributed by atoms with Crippen LogP contribution in [0, 0.1) is 0 Å². The molecular weight excluding hydrogens is 348 g/mol. The largest absolute Gasteiger partial charge is 0.347 e. The Labute approximate surface area is 138 Å². The fourth-order valence-corrected chi connectivity index (χ4v) is 3.35. The second-order valence-electron chi connectivity index (χ2n) is 6.06. The van der Waals surface area contributed by atoms with Crippen LogP contribution in [0.2, 0.25) is 0 Å². The van der Waals surface area contributed by atoms with Gasteiger partial charge in [-0.1, -0.05) is 60.2 Å². The first kappa shape index (κ1) is 16.2. The van der Waals surface area contributed by atoms with E-state index in [0.717, 1.165) is 33.0 Å². The topological polar surface area (TPSA) is 33.2 Å². The van der Waals surface area contributed by atoms with Gasteiger partial charge in [0.05, 0.1) is 10.6 Å². The van der Waals surface area contributed by atoms with Gasteiger partial charge in [0.25, 0.3) is 0 Å². The van der Waals surface area contributed by atoms with Crippen molar-refractivity contribution in [3.8, 4) is 0 Å². The van der Waals surface area contributed by atoms with Crippen LogP contribution in [0.5, 0.6) is 0 Å². The van der Waals surface area contributed by atoms with E-state index in [2.05, 4.69) is 58.7 Å². The fourth-order valence-electron chi connectivity index (χ4n) is 2.03. The van der Waals surface area contributed by atoms with Crippen molar-refractivity contribution in [2.24, 2.45) is 0 Å². The molecule has 0 radical (unpaired) electrons. The first-order valence-corrected chi connectivity index (χ1v) is 8.34. The molecule has 0 N–H and O–H groups in total. The highest BCUT2D eigenvalue weighted by Gasteiger charge is 2.24. The van der Waals surface area contributed by atoms with Crippen LogP contribution >= 0.6 is 27.3 Å². The zero-order valence-electron chi connectivity index (χ0n) is 12.7. The van der Waals surface area contributed by atoms with E-state index in [0.29, 0.717) is 0 Å². The predicted octanol–water partition coefficient (Wildman–Crippen LogP) is 4.65. The van der Waals surface area contributed by atoms with Crippen molar-refractivity contribution >= 4 is 38.7 Å². The number of hydrogen-bond acceptors (Lipinski definition) is 4. The molecule has 1 aromatic heterocycles. The van der Waals surface area contributed by atoms with E-state index in [1.54, 1.807) is 0 Å². The molecule has 0 spiro atoms. The Hall–Kier alpha value is -1.20. The van der Waals surface area contributed by atoms with E-state index < -0.39 is 0 Å². The Bertz CT molecular complexity index is 629. The number of aromatic nitrogens is 1. The molecule has 0 aliphatic carbocycles. The number of thiazole rings is 1. The second-order valence-corrected chi connectivity index (χ2v) is 7.98. The third kappa shape index (κ3) is 3.92. The van der Waals surface area contributed by atoms with Crippen molar-refractivity contribution in [3.63, 3.8) is 0 Å². The molecule has 2 aromatic rings. The minimum Gasteiger partial charge on any atom is -0.347 e. The molecular formula is C16H19BrN2OS. The first-order valence-electron chi connectivity index (χ1n) is 6.73. The SMILES string of the molecule is CN(Cc1ccc(Br)cc1)c1nc(C(C)(C)C)c(C=O)s1. The summed E-state index contributed by atoms with van der Waals surface area (Å²) < 4.78 is 1.07. The van der Waals surface area contributed by atoms with Crippen LogP contribution < -0.4 is 4.90 Å². The molecule has 0 bridgehead atoms. The van der Waals surface area contributed by atoms with Gasteiger partial charge in [-0.3, -0.25) is 4.79 Å². The number of hydrogen-bond donors (Lipinski definition) is 0. The Kier molecular flexibility index (Phi) is 4.84. The Balaban J connectivity index is 2.23. The van der Waals surface area contributed by atoms with E-state index in [1.807, 2.05) is 19.2 Å². The molecule has 2 rings (SSSR count). The standard InChI is InChI=1S/C16H19BrN2OS/c1-16(2,3)14-13(10-20)21-15(18-14)19(4)9-11-5-7-12(17)8-6-11/h5-8,10H,9H2,1-4H3. The summed E-state index contributed by atoms with van der Waals surface area (Å²) in [6.07, 6.45) is 0.912. The van der Waals surface area contributed by atoms with Crippen LogP contribution in [-0.2, 0) is 12.0 Å². The molecule has 1 heterocycles. The number of benzene rings is 1. The maximum Gasteiger partial charge on any atom is 0.186 e. The average Bonchev–Trinajstić information content (AvgIpc) is 2.85. The van der Waals surface area contributed by atoms with Crippen molar-refractivity contribution in [1.29, 1.82) is 0 Å². The lowest BCUT2D eigenvalue weighted by Crippen LogP contribution is -2.18. The number of carbonyl (C=O) groups is 1. The number of nitrogens with zero attached hydrogens (tertiary/aromatic N) is 2. The Morgan fingerprint density at radius 1 is 1.29 bits per heavy atom. The number of anilines is 1. The van der Waals surface area contributed by atoms with Crippen LogP contribution in [0.4, 0.5) is 5.13 Å². The summed E-state index contributed by atoms with van der Waals surface area (Å²) in [6, 6.07) is 8.23. The molecule has 0 aliphatic rings. The van der Waals surface area contributed by atoms with E-state index in [-0.39, 0.29) is 5.41 Å². The summed E-state index contributed by atoms with van der Waals surface area (Å²) >= 11 is 4.89. The molecule has 5 heteroatoms. The van der Waals surface area contributed by atoms with E-state index in [4.69, 9.17) is 0 Å². The van der Waals surface area contributed by atoms with Gasteiger partial charge in [0, 0.05) is 23.5 Å². The van der Waals surface area contributed by atoms with Crippen LogP contribution in [0.25, 0.3) is 0 Å². The highest BCUT2D eigenvalue weighted by atomic mass is 79.9. The third-order valence-corrected chi connectivity index (χ3v) is 4.74. The van der Waals surface area contributed by atoms with Crippen LogP contribution in [0.1, 0.15) is 41.7 Å². The molecule has 21 heavy (non-hydrogen) atoms. The van der Waals surface area contributed by atoms with Crippen molar-refractivity contribution < 1.29 is 4.79 Å². The van der Waals surface area contributed by atoms with Gasteiger partial charge in [-0.2, -0.15) is 0 Å². The smallest absolute Gasteiger partial charge is 0.186 e. The lowest BCUT2D eigenvalue weighted by molar-refractivity contribution is 0.112. The quantitative estimate of drug-likeness (QED) is 0.738. The van der Waals surface area contributed by atoms with Crippen LogP contribution in [-0.4, -0.2) is 18.3 Å². The first-order chi connectivity index (χ1) is 9.81. The van der Waals surface area contributed by atoms with Gasteiger partial charge in [0.1, 0.15) is 0 Å². The summed E-state index contributed by atoms with van der Waals surface area (Å²) in [6.45, 7) is 7.00. The molecule has 0 fully saturated rings. The molecule has 0 unspecified atom stereocenters. The summed E-state index contributed by atoms with van der Waals surface area (Å²) in [5, 5.41) is 0.880. The van der Waals surface area contributed by atoms with Gasteiger partial charge in [-0.25, -0.2) is 4.98 Å². The normalized spacial score (nSPS) is 11.5. The highest BCUT2D eigenvalue weighted by molar-refractivity contribution is 9.10. The minimum absolute atomic E-state index is 0.122. The van der Waals surface area contributed by atoms with Gasteiger partial charge in [-0.05, 0) is 17.7 Å². The fraction of sp³-hybridized carbons (Fsp3) is 0.375. The van der Waals surface area contributed by atoms with E-state index >= 15 is 0 Å². The molecule has 0 amide bonds. The molecule has 0 atom stereocenters. The van der Waals surface area contributed by atoms with Crippen LogP contribution in [0.15, 0.2) is 28.7 Å². The molecule has 0 aliphatic heterocycles. The van der Waals surface area contributed by atoms with Gasteiger partial charge < -0.3 is 4.90 Å². The Morgan fingerprint density at radius 2 is 1.90 bits per heavy atom. The number of aldehydes is 1. The van der Waals surface area contributed by atoms with Crippen molar-refractivity contribution in [3.05, 3.63) is 44.9 Å². The maximum absolute atomic E-state index is 11.3. The lowest BCUT2D eigenvalue weighted by atomic mass is 9.91. The predicted molar refractivity (Wildman–Crippen MR) is 92.5 cm³/mol. The van der Waals surface area contributed by atoms with Crippen molar-refractivity contribution in [2.75, 3.05) is 11.9 Å². The molecule has 3 nitrogen and oxygen atoms in total. The summed E-state index contributed by atoms with van der Waals surface area (Å²) in [4.78, 5) is 18.7. The lowest BCUT2D eigenvalue weighted by Gasteiger charge is -2.17. The summed E-state index contributed by atoms with van der Waals surface area (Å²) in [5.74, 6) is 0. The molecule has 0 saturated carbocycles. The number of rotatable bonds is 4. The molecule has 1 aromatic carbocycles. The van der Waals surface area contributed by atoms with Gasteiger partial charge >= 0.3 is 0 Å². The number of carbonyl (C=O) groups excluding carboxylic acids is 1. The van der Waals surface area contributed by atoms with Crippen molar-refractivity contribution in [1.82, 2.24) is 4.98 Å². The van der Waals surface area contributed by atoms with E-state index in [1.165, 1.54) is 16.9 Å². The molecule has 112 valence electrons. The highest BCUT2D eigenvalue weighted by Crippen LogP contribution is 2.32. The zero-order chi connectivity index (χ0) is 15.6. The van der Waals surface area contributed by atoms with Gasteiger partial charge in [0.2, 0.25) is 0 Å². The maximum atomic E-state index is 11.3. The number of halogens is 1. The zero-order valence-corrected chi connectivity index (χ0v) is 15.1. The van der Waals surface area contributed by atoms with Crippen LogP contribution in [0.3, 0.4) is 0 Å². The minimum atomic E-state index is -0.122. The van der Waals surface area contributed by atoms with Crippen molar-refractivity contribution in [2.45, 2.75) is 32.7 Å². The molecule has 0 saturated heterocycles. The summed E-state index contributed by atoms with van der Waals surface area (Å²) in [5.41, 5.74) is 1.96. The van der Waals surface area contributed by atoms with Gasteiger partial charge in [0.15, 0.2) is 11.4 Å². The Morgan fingerprint density at radius 3 is 2.38 bits per heavy atom. The monoisotopic (exact) mass is 366 g/mol.